The number of fused-ring (bicyclic) bond motifs is 1. The average Bonchev–Trinajstić information content (AvgIpc) is 2.51. The van der Waals surface area contributed by atoms with Gasteiger partial charge in [0.2, 0.25) is 5.91 Å². The fraction of sp³-hybridized carbons (Fsp3) is 0.467. The molecule has 1 heterocycles. The largest absolute Gasteiger partial charge is 0.477 e. The molecule has 1 unspecified atom stereocenters. The summed E-state index contributed by atoms with van der Waals surface area (Å²) in [5.74, 6) is 0.298. The Morgan fingerprint density at radius 1 is 1.43 bits per heavy atom. The van der Waals surface area contributed by atoms with Gasteiger partial charge in [-0.25, -0.2) is 0 Å². The summed E-state index contributed by atoms with van der Waals surface area (Å²) in [5, 5.41) is 5.91. The number of carbonyl (C=O) groups is 2. The Kier molecular flexibility index (Phi) is 5.03. The van der Waals surface area contributed by atoms with Gasteiger partial charge in [0, 0.05) is 13.6 Å². The number of rotatable bonds is 5. The molecule has 114 valence electrons. The van der Waals surface area contributed by atoms with Gasteiger partial charge in [0.1, 0.15) is 5.75 Å². The summed E-state index contributed by atoms with van der Waals surface area (Å²) in [6, 6.07) is 7.48. The van der Waals surface area contributed by atoms with Gasteiger partial charge in [-0.15, -0.1) is 0 Å². The fourth-order valence-electron chi connectivity index (χ4n) is 2.11. The van der Waals surface area contributed by atoms with Crippen LogP contribution in [0.15, 0.2) is 24.3 Å². The highest BCUT2D eigenvalue weighted by molar-refractivity contribution is 5.87. The highest BCUT2D eigenvalue weighted by Crippen LogP contribution is 2.28. The summed E-state index contributed by atoms with van der Waals surface area (Å²) >= 11 is 0. The highest BCUT2D eigenvalue weighted by atomic mass is 16.5. The van der Waals surface area contributed by atoms with Crippen LogP contribution in [-0.2, 0) is 9.59 Å². The van der Waals surface area contributed by atoms with Crippen LogP contribution in [0.3, 0.4) is 0 Å². The van der Waals surface area contributed by atoms with Gasteiger partial charge in [-0.2, -0.15) is 0 Å². The van der Waals surface area contributed by atoms with E-state index in [0.717, 1.165) is 12.1 Å². The standard InChI is InChI=1S/C15H21N3O3/c1-3-8-16-14(19)10-18(2)15(20)13-9-17-11-6-4-5-7-12(11)21-13/h4-7,13,17H,3,8-10H2,1-2H3,(H,16,19). The lowest BCUT2D eigenvalue weighted by molar-refractivity contribution is -0.140. The van der Waals surface area contributed by atoms with E-state index >= 15 is 0 Å². The number of anilines is 1. The van der Waals surface area contributed by atoms with Gasteiger partial charge in [-0.1, -0.05) is 19.1 Å². The Balaban J connectivity index is 1.90. The molecule has 1 aromatic carbocycles. The van der Waals surface area contributed by atoms with Gasteiger partial charge < -0.3 is 20.3 Å². The summed E-state index contributed by atoms with van der Waals surface area (Å²) in [7, 11) is 1.61. The maximum Gasteiger partial charge on any atom is 0.265 e. The number of ether oxygens (including phenoxy) is 1. The van der Waals surface area contributed by atoms with Crippen LogP contribution in [0.5, 0.6) is 5.75 Å². The average molecular weight is 291 g/mol. The van der Waals surface area contributed by atoms with E-state index in [9.17, 15) is 9.59 Å². The number of nitrogens with one attached hydrogen (secondary N) is 2. The number of likely N-dealkylation sites (N-methyl/N-ethyl adjacent to an activating group) is 1. The third-order valence-corrected chi connectivity index (χ3v) is 3.24. The highest BCUT2D eigenvalue weighted by Gasteiger charge is 2.28. The van der Waals surface area contributed by atoms with Crippen molar-refractivity contribution in [2.75, 3.05) is 32.0 Å². The molecule has 0 aromatic heterocycles. The van der Waals surface area contributed by atoms with E-state index in [-0.39, 0.29) is 18.4 Å². The number of carbonyl (C=O) groups excluding carboxylic acids is 2. The molecule has 1 aromatic rings. The van der Waals surface area contributed by atoms with E-state index in [1.54, 1.807) is 7.05 Å². The Morgan fingerprint density at radius 2 is 2.19 bits per heavy atom. The van der Waals surface area contributed by atoms with Crippen molar-refractivity contribution < 1.29 is 14.3 Å². The van der Waals surface area contributed by atoms with Gasteiger partial charge in [-0.05, 0) is 18.6 Å². The zero-order valence-electron chi connectivity index (χ0n) is 12.4. The fourth-order valence-corrected chi connectivity index (χ4v) is 2.11. The smallest absolute Gasteiger partial charge is 0.265 e. The SMILES string of the molecule is CCCNC(=O)CN(C)C(=O)C1CNc2ccccc2O1. The molecular formula is C15H21N3O3. The third kappa shape index (κ3) is 3.87. The topological polar surface area (TPSA) is 70.7 Å². The Hall–Kier alpha value is -2.24. The van der Waals surface area contributed by atoms with E-state index in [1.807, 2.05) is 31.2 Å². The zero-order chi connectivity index (χ0) is 15.2. The maximum absolute atomic E-state index is 12.3. The minimum absolute atomic E-state index is 0.0420. The lowest BCUT2D eigenvalue weighted by atomic mass is 10.2. The van der Waals surface area contributed by atoms with E-state index in [4.69, 9.17) is 4.74 Å². The first-order valence-electron chi connectivity index (χ1n) is 7.13. The van der Waals surface area contributed by atoms with Crippen molar-refractivity contribution in [1.29, 1.82) is 0 Å². The normalized spacial score (nSPS) is 16.2. The number of amides is 2. The molecule has 2 amide bonds. The maximum atomic E-state index is 12.3. The summed E-state index contributed by atoms with van der Waals surface area (Å²) < 4.78 is 5.69. The molecule has 2 rings (SSSR count). The van der Waals surface area contributed by atoms with Gasteiger partial charge in [-0.3, -0.25) is 9.59 Å². The van der Waals surface area contributed by atoms with Crippen molar-refractivity contribution in [3.8, 4) is 5.75 Å². The molecule has 0 saturated heterocycles. The predicted molar refractivity (Wildman–Crippen MR) is 80.3 cm³/mol. The molecule has 2 N–H and O–H groups in total. The van der Waals surface area contributed by atoms with E-state index in [1.165, 1.54) is 4.90 Å². The van der Waals surface area contributed by atoms with Crippen LogP contribution in [0.25, 0.3) is 0 Å². The Labute approximate surface area is 124 Å². The number of benzene rings is 1. The number of nitrogens with zero attached hydrogens (tertiary/aromatic N) is 1. The minimum Gasteiger partial charge on any atom is -0.477 e. The Morgan fingerprint density at radius 3 is 2.95 bits per heavy atom. The van der Waals surface area contributed by atoms with Crippen molar-refractivity contribution >= 4 is 17.5 Å². The molecule has 0 bridgehead atoms. The quantitative estimate of drug-likeness (QED) is 0.843. The predicted octanol–water partition coefficient (Wildman–Crippen LogP) is 0.844. The molecular weight excluding hydrogens is 270 g/mol. The Bertz CT molecular complexity index is 519. The van der Waals surface area contributed by atoms with E-state index in [2.05, 4.69) is 10.6 Å². The van der Waals surface area contributed by atoms with Gasteiger partial charge in [0.25, 0.3) is 5.91 Å². The summed E-state index contributed by atoms with van der Waals surface area (Å²) in [4.78, 5) is 25.3. The lowest BCUT2D eigenvalue weighted by Crippen LogP contribution is -2.48. The van der Waals surface area contributed by atoms with E-state index in [0.29, 0.717) is 18.8 Å². The van der Waals surface area contributed by atoms with Gasteiger partial charge in [0.05, 0.1) is 18.8 Å². The number of hydrogen-bond acceptors (Lipinski definition) is 4. The van der Waals surface area contributed by atoms with Gasteiger partial charge >= 0.3 is 0 Å². The van der Waals surface area contributed by atoms with Crippen molar-refractivity contribution in [1.82, 2.24) is 10.2 Å². The first-order chi connectivity index (χ1) is 10.1. The zero-order valence-corrected chi connectivity index (χ0v) is 12.4. The molecule has 1 aliphatic rings. The van der Waals surface area contributed by atoms with Crippen LogP contribution in [-0.4, -0.2) is 49.5 Å². The third-order valence-electron chi connectivity index (χ3n) is 3.24. The van der Waals surface area contributed by atoms with Crippen LogP contribution in [0.2, 0.25) is 0 Å². The molecule has 0 spiro atoms. The monoisotopic (exact) mass is 291 g/mol. The van der Waals surface area contributed by atoms with Crippen molar-refractivity contribution in [3.63, 3.8) is 0 Å². The van der Waals surface area contributed by atoms with Crippen LogP contribution in [0.4, 0.5) is 5.69 Å². The second kappa shape index (κ2) is 6.97. The lowest BCUT2D eigenvalue weighted by Gasteiger charge is -2.29. The molecule has 0 fully saturated rings. The first-order valence-corrected chi connectivity index (χ1v) is 7.13. The van der Waals surface area contributed by atoms with Crippen LogP contribution in [0.1, 0.15) is 13.3 Å². The minimum atomic E-state index is -0.608. The second-order valence-corrected chi connectivity index (χ2v) is 5.03. The van der Waals surface area contributed by atoms with Crippen LogP contribution in [0, 0.1) is 0 Å². The summed E-state index contributed by atoms with van der Waals surface area (Å²) in [6.45, 7) is 3.04. The van der Waals surface area contributed by atoms with Gasteiger partial charge in [0.15, 0.2) is 6.10 Å². The molecule has 6 nitrogen and oxygen atoms in total. The molecule has 21 heavy (non-hydrogen) atoms. The summed E-state index contributed by atoms with van der Waals surface area (Å²) in [6.07, 6.45) is 0.263. The molecule has 1 atom stereocenters. The number of para-hydroxylation sites is 2. The molecule has 0 saturated carbocycles. The van der Waals surface area contributed by atoms with Crippen LogP contribution >= 0.6 is 0 Å². The van der Waals surface area contributed by atoms with Crippen LogP contribution < -0.4 is 15.4 Å². The first kappa shape index (κ1) is 15.2. The molecule has 0 aliphatic carbocycles. The summed E-state index contributed by atoms with van der Waals surface area (Å²) in [5.41, 5.74) is 0.880. The molecule has 1 aliphatic heterocycles. The van der Waals surface area contributed by atoms with Crippen molar-refractivity contribution in [2.24, 2.45) is 0 Å². The van der Waals surface area contributed by atoms with E-state index < -0.39 is 6.10 Å². The number of hydrogen-bond donors (Lipinski definition) is 2. The molecule has 0 radical (unpaired) electrons. The van der Waals surface area contributed by atoms with Crippen molar-refractivity contribution in [2.45, 2.75) is 19.4 Å². The van der Waals surface area contributed by atoms with Crippen molar-refractivity contribution in [3.05, 3.63) is 24.3 Å². The molecule has 6 heteroatoms. The second-order valence-electron chi connectivity index (χ2n) is 5.03.